The summed E-state index contributed by atoms with van der Waals surface area (Å²) in [5.74, 6) is 0. The van der Waals surface area contributed by atoms with Crippen LogP contribution in [0.2, 0.25) is 0 Å². The molecule has 2 rings (SSSR count). The summed E-state index contributed by atoms with van der Waals surface area (Å²) in [7, 11) is 0. The molecule has 0 radical (unpaired) electrons. The van der Waals surface area contributed by atoms with Gasteiger partial charge in [-0.15, -0.1) is 5.10 Å². The summed E-state index contributed by atoms with van der Waals surface area (Å²) in [5.41, 5.74) is 1.47. The van der Waals surface area contributed by atoms with Crippen LogP contribution in [-0.4, -0.2) is 19.9 Å². The first-order valence-corrected chi connectivity index (χ1v) is 6.34. The summed E-state index contributed by atoms with van der Waals surface area (Å²) in [6.07, 6.45) is 2.66. The first-order chi connectivity index (χ1) is 8.61. The Balaban J connectivity index is 2.34. The fourth-order valence-corrected chi connectivity index (χ4v) is 1.71. The van der Waals surface area contributed by atoms with Gasteiger partial charge >= 0.3 is 0 Å². The minimum absolute atomic E-state index is 0.0374. The Morgan fingerprint density at radius 2 is 2.33 bits per heavy atom. The molecule has 0 saturated carbocycles. The summed E-state index contributed by atoms with van der Waals surface area (Å²) in [5, 5.41) is 18.7. The molecule has 0 aliphatic rings. The maximum absolute atomic E-state index is 10.7. The van der Waals surface area contributed by atoms with Crippen molar-refractivity contribution in [1.29, 1.82) is 0 Å². The molecule has 0 aliphatic heterocycles. The number of non-ortho nitro benzene ring substituents is 1. The molecular formula is C11H11BrN4O2. The molecule has 1 atom stereocenters. The van der Waals surface area contributed by atoms with Gasteiger partial charge in [0.05, 0.1) is 27.3 Å². The lowest BCUT2D eigenvalue weighted by atomic mass is 10.2. The predicted molar refractivity (Wildman–Crippen MR) is 70.0 cm³/mol. The number of nitro groups is 1. The summed E-state index contributed by atoms with van der Waals surface area (Å²) < 4.78 is 1.53. The number of nitro benzene ring substituents is 1. The van der Waals surface area contributed by atoms with Gasteiger partial charge < -0.3 is 0 Å². The van der Waals surface area contributed by atoms with Gasteiger partial charge in [0.2, 0.25) is 0 Å². The average Bonchev–Trinajstić information content (AvgIpc) is 2.87. The number of hydrogen-bond acceptors (Lipinski definition) is 4. The minimum atomic E-state index is -0.430. The molecule has 0 N–H and O–H groups in total. The number of benzene rings is 1. The largest absolute Gasteiger partial charge is 0.271 e. The van der Waals surface area contributed by atoms with E-state index in [1.54, 1.807) is 18.3 Å². The van der Waals surface area contributed by atoms with E-state index in [4.69, 9.17) is 0 Å². The molecule has 0 spiro atoms. The van der Waals surface area contributed by atoms with E-state index in [1.807, 2.05) is 6.92 Å². The van der Waals surface area contributed by atoms with E-state index in [9.17, 15) is 10.1 Å². The van der Waals surface area contributed by atoms with Crippen molar-refractivity contribution in [2.24, 2.45) is 0 Å². The van der Waals surface area contributed by atoms with Crippen LogP contribution in [0.25, 0.3) is 5.69 Å². The van der Waals surface area contributed by atoms with E-state index >= 15 is 0 Å². The Morgan fingerprint density at radius 3 is 3.00 bits per heavy atom. The normalized spacial score (nSPS) is 12.3. The van der Waals surface area contributed by atoms with Gasteiger partial charge in [-0.2, -0.15) is 0 Å². The molecule has 1 unspecified atom stereocenters. The number of nitrogens with zero attached hydrogens (tertiary/aromatic N) is 4. The van der Waals surface area contributed by atoms with Crippen molar-refractivity contribution in [3.8, 4) is 5.69 Å². The van der Waals surface area contributed by atoms with Crippen molar-refractivity contribution in [2.75, 3.05) is 0 Å². The Kier molecular flexibility index (Phi) is 3.71. The number of halogens is 1. The van der Waals surface area contributed by atoms with Crippen LogP contribution in [0, 0.1) is 10.1 Å². The Labute approximate surface area is 112 Å². The van der Waals surface area contributed by atoms with E-state index in [-0.39, 0.29) is 10.5 Å². The first kappa shape index (κ1) is 12.7. The zero-order chi connectivity index (χ0) is 13.1. The second-order valence-electron chi connectivity index (χ2n) is 3.74. The molecule has 94 valence electrons. The fourth-order valence-electron chi connectivity index (χ4n) is 1.50. The molecule has 0 aliphatic carbocycles. The van der Waals surface area contributed by atoms with Crippen molar-refractivity contribution in [3.05, 3.63) is 46.3 Å². The number of rotatable bonds is 4. The maximum atomic E-state index is 10.7. The third-order valence-corrected chi connectivity index (χ3v) is 3.61. The van der Waals surface area contributed by atoms with Crippen molar-refractivity contribution >= 4 is 21.6 Å². The van der Waals surface area contributed by atoms with Gasteiger partial charge in [0.25, 0.3) is 5.69 Å². The van der Waals surface area contributed by atoms with Gasteiger partial charge in [0.15, 0.2) is 0 Å². The molecule has 0 amide bonds. The lowest BCUT2D eigenvalue weighted by Gasteiger charge is -2.00. The van der Waals surface area contributed by atoms with Crippen LogP contribution in [0.15, 0.2) is 30.5 Å². The van der Waals surface area contributed by atoms with E-state index < -0.39 is 4.92 Å². The topological polar surface area (TPSA) is 73.8 Å². The molecule has 18 heavy (non-hydrogen) atoms. The number of aromatic nitrogens is 3. The summed E-state index contributed by atoms with van der Waals surface area (Å²) in [4.78, 5) is 10.4. The zero-order valence-electron chi connectivity index (χ0n) is 9.65. The number of alkyl halides is 1. The maximum Gasteiger partial charge on any atom is 0.271 e. The summed E-state index contributed by atoms with van der Waals surface area (Å²) in [6, 6.07) is 6.29. The van der Waals surface area contributed by atoms with Crippen LogP contribution in [-0.2, 0) is 0 Å². The molecule has 1 heterocycles. The smallest absolute Gasteiger partial charge is 0.258 e. The molecule has 0 bridgehead atoms. The predicted octanol–water partition coefficient (Wildman–Crippen LogP) is 3.02. The van der Waals surface area contributed by atoms with Crippen LogP contribution in [0.3, 0.4) is 0 Å². The van der Waals surface area contributed by atoms with Gasteiger partial charge in [0, 0.05) is 12.1 Å². The molecular weight excluding hydrogens is 300 g/mol. The molecule has 6 nitrogen and oxygen atoms in total. The minimum Gasteiger partial charge on any atom is -0.258 e. The van der Waals surface area contributed by atoms with Gasteiger partial charge in [-0.3, -0.25) is 10.1 Å². The van der Waals surface area contributed by atoms with Crippen molar-refractivity contribution < 1.29 is 4.92 Å². The quantitative estimate of drug-likeness (QED) is 0.494. The number of hydrogen-bond donors (Lipinski definition) is 0. The second kappa shape index (κ2) is 5.26. The van der Waals surface area contributed by atoms with Gasteiger partial charge in [-0.25, -0.2) is 4.68 Å². The molecule has 0 fully saturated rings. The third-order valence-electron chi connectivity index (χ3n) is 2.50. The van der Waals surface area contributed by atoms with E-state index in [2.05, 4.69) is 26.2 Å². The Morgan fingerprint density at radius 1 is 1.56 bits per heavy atom. The molecule has 7 heteroatoms. The van der Waals surface area contributed by atoms with Crippen LogP contribution in [0.5, 0.6) is 0 Å². The van der Waals surface area contributed by atoms with Gasteiger partial charge in [-0.05, 0) is 12.5 Å². The van der Waals surface area contributed by atoms with Gasteiger partial charge in [0.1, 0.15) is 0 Å². The van der Waals surface area contributed by atoms with Crippen LogP contribution in [0.1, 0.15) is 23.9 Å². The Bertz CT molecular complexity index is 570. The van der Waals surface area contributed by atoms with Crippen molar-refractivity contribution in [2.45, 2.75) is 18.2 Å². The SMILES string of the molecule is CCC(Br)c1cn(-c2cccc([N+](=O)[O-])c2)nn1. The lowest BCUT2D eigenvalue weighted by Crippen LogP contribution is -1.96. The highest BCUT2D eigenvalue weighted by Gasteiger charge is 2.12. The third kappa shape index (κ3) is 2.56. The van der Waals surface area contributed by atoms with E-state index in [0.29, 0.717) is 5.69 Å². The lowest BCUT2D eigenvalue weighted by molar-refractivity contribution is -0.384. The Hall–Kier alpha value is -1.76. The molecule has 1 aromatic carbocycles. The van der Waals surface area contributed by atoms with E-state index in [1.165, 1.54) is 16.8 Å². The fraction of sp³-hybridized carbons (Fsp3) is 0.273. The van der Waals surface area contributed by atoms with E-state index in [0.717, 1.165) is 12.1 Å². The second-order valence-corrected chi connectivity index (χ2v) is 4.85. The van der Waals surface area contributed by atoms with Crippen LogP contribution < -0.4 is 0 Å². The van der Waals surface area contributed by atoms with Gasteiger partial charge in [-0.1, -0.05) is 34.1 Å². The van der Waals surface area contributed by atoms with Crippen molar-refractivity contribution in [3.63, 3.8) is 0 Å². The molecule has 2 aromatic rings. The molecule has 1 aromatic heterocycles. The highest BCUT2D eigenvalue weighted by molar-refractivity contribution is 9.09. The van der Waals surface area contributed by atoms with Crippen LogP contribution >= 0.6 is 15.9 Å². The first-order valence-electron chi connectivity index (χ1n) is 5.43. The van der Waals surface area contributed by atoms with Crippen molar-refractivity contribution in [1.82, 2.24) is 15.0 Å². The highest BCUT2D eigenvalue weighted by Crippen LogP contribution is 2.24. The monoisotopic (exact) mass is 310 g/mol. The zero-order valence-corrected chi connectivity index (χ0v) is 11.2. The summed E-state index contributed by atoms with van der Waals surface area (Å²) in [6.45, 7) is 2.03. The molecule has 0 saturated heterocycles. The highest BCUT2D eigenvalue weighted by atomic mass is 79.9. The standard InChI is InChI=1S/C11H11BrN4O2/c1-2-10(12)11-7-15(14-13-11)8-4-3-5-9(6-8)16(17)18/h3-7,10H,2H2,1H3. The summed E-state index contributed by atoms with van der Waals surface area (Å²) >= 11 is 3.48. The average molecular weight is 311 g/mol. The van der Waals surface area contributed by atoms with Crippen LogP contribution in [0.4, 0.5) is 5.69 Å².